The standard InChI is InChI=1S/C18H13ClN6O3/c19-13-2-4-17-22-14(10-24(17)9-13)8-21-18(26)12-1-3-15(16(7-12)25(27)28)23-6-5-20-11-23/h1-7,9-11H,8H2,(H,21,26). The van der Waals surface area contributed by atoms with Crippen LogP contribution in [0.1, 0.15) is 16.1 Å². The monoisotopic (exact) mass is 396 g/mol. The van der Waals surface area contributed by atoms with Crippen molar-refractivity contribution in [3.8, 4) is 5.69 Å². The van der Waals surface area contributed by atoms with Gasteiger partial charge in [0.05, 0.1) is 28.5 Å². The molecule has 0 unspecified atom stereocenters. The van der Waals surface area contributed by atoms with Crippen LogP contribution in [0.2, 0.25) is 5.02 Å². The van der Waals surface area contributed by atoms with Crippen LogP contribution in [0.15, 0.2) is 61.4 Å². The van der Waals surface area contributed by atoms with Crippen LogP contribution >= 0.6 is 11.6 Å². The molecule has 1 N–H and O–H groups in total. The molecule has 0 radical (unpaired) electrons. The number of nitro benzene ring substituents is 1. The summed E-state index contributed by atoms with van der Waals surface area (Å²) in [5.74, 6) is -0.435. The van der Waals surface area contributed by atoms with Crippen molar-refractivity contribution < 1.29 is 9.72 Å². The van der Waals surface area contributed by atoms with Gasteiger partial charge in [-0.25, -0.2) is 9.97 Å². The highest BCUT2D eigenvalue weighted by molar-refractivity contribution is 6.30. The van der Waals surface area contributed by atoms with Gasteiger partial charge in [-0.2, -0.15) is 0 Å². The van der Waals surface area contributed by atoms with Gasteiger partial charge in [-0.15, -0.1) is 0 Å². The van der Waals surface area contributed by atoms with Crippen LogP contribution in [-0.2, 0) is 6.54 Å². The normalized spacial score (nSPS) is 10.9. The fraction of sp³-hybridized carbons (Fsp3) is 0.0556. The summed E-state index contributed by atoms with van der Waals surface area (Å²) in [5.41, 5.74) is 1.67. The number of carbonyl (C=O) groups excluding carboxylic acids is 1. The van der Waals surface area contributed by atoms with E-state index in [1.165, 1.54) is 35.3 Å². The molecular weight excluding hydrogens is 384 g/mol. The van der Waals surface area contributed by atoms with Gasteiger partial charge in [0.15, 0.2) is 0 Å². The van der Waals surface area contributed by atoms with E-state index in [4.69, 9.17) is 11.6 Å². The number of hydrogen-bond acceptors (Lipinski definition) is 5. The van der Waals surface area contributed by atoms with Crippen molar-refractivity contribution in [2.24, 2.45) is 0 Å². The fourth-order valence-electron chi connectivity index (χ4n) is 2.81. The number of rotatable bonds is 5. The number of imidazole rings is 2. The Morgan fingerprint density at radius 2 is 2.11 bits per heavy atom. The Balaban J connectivity index is 1.54. The van der Waals surface area contributed by atoms with Crippen molar-refractivity contribution in [1.82, 2.24) is 24.3 Å². The van der Waals surface area contributed by atoms with Crippen molar-refractivity contribution in [1.29, 1.82) is 0 Å². The Morgan fingerprint density at radius 1 is 1.25 bits per heavy atom. The van der Waals surface area contributed by atoms with Gasteiger partial charge in [-0.05, 0) is 24.3 Å². The maximum atomic E-state index is 12.5. The molecule has 140 valence electrons. The molecule has 1 aromatic carbocycles. The number of pyridine rings is 1. The highest BCUT2D eigenvalue weighted by Crippen LogP contribution is 2.24. The molecule has 10 heteroatoms. The van der Waals surface area contributed by atoms with E-state index in [9.17, 15) is 14.9 Å². The molecule has 3 aromatic heterocycles. The van der Waals surface area contributed by atoms with E-state index in [0.29, 0.717) is 22.1 Å². The van der Waals surface area contributed by atoms with Gasteiger partial charge in [0.25, 0.3) is 11.6 Å². The summed E-state index contributed by atoms with van der Waals surface area (Å²) in [6, 6.07) is 7.79. The summed E-state index contributed by atoms with van der Waals surface area (Å²) < 4.78 is 3.27. The number of benzene rings is 1. The molecule has 4 rings (SSSR count). The Morgan fingerprint density at radius 3 is 2.86 bits per heavy atom. The maximum absolute atomic E-state index is 12.5. The Hall–Kier alpha value is -3.72. The second-order valence-electron chi connectivity index (χ2n) is 5.96. The SMILES string of the molecule is O=C(NCc1cn2cc(Cl)ccc2n1)c1ccc(-n2ccnc2)c([N+](=O)[O-])c1. The number of fused-ring (bicyclic) bond motifs is 1. The minimum Gasteiger partial charge on any atom is -0.346 e. The summed E-state index contributed by atoms with van der Waals surface area (Å²) in [4.78, 5) is 31.6. The van der Waals surface area contributed by atoms with Crippen molar-refractivity contribution in [3.63, 3.8) is 0 Å². The average Bonchev–Trinajstić information content (AvgIpc) is 3.34. The largest absolute Gasteiger partial charge is 0.346 e. The lowest BCUT2D eigenvalue weighted by molar-refractivity contribution is -0.384. The molecule has 0 bridgehead atoms. The highest BCUT2D eigenvalue weighted by Gasteiger charge is 2.19. The van der Waals surface area contributed by atoms with E-state index in [1.807, 2.05) is 0 Å². The zero-order chi connectivity index (χ0) is 19.7. The molecule has 0 aliphatic carbocycles. The summed E-state index contributed by atoms with van der Waals surface area (Å²) in [6.07, 6.45) is 8.04. The average molecular weight is 397 g/mol. The zero-order valence-corrected chi connectivity index (χ0v) is 15.1. The molecule has 0 saturated heterocycles. The number of carbonyl (C=O) groups is 1. The maximum Gasteiger partial charge on any atom is 0.294 e. The van der Waals surface area contributed by atoms with E-state index >= 15 is 0 Å². The van der Waals surface area contributed by atoms with Crippen LogP contribution < -0.4 is 5.32 Å². The van der Waals surface area contributed by atoms with Crippen molar-refractivity contribution >= 4 is 28.8 Å². The molecule has 0 atom stereocenters. The lowest BCUT2D eigenvalue weighted by Gasteiger charge is -2.07. The number of amides is 1. The van der Waals surface area contributed by atoms with E-state index in [-0.39, 0.29) is 17.8 Å². The van der Waals surface area contributed by atoms with Crippen LogP contribution in [0.5, 0.6) is 0 Å². The zero-order valence-electron chi connectivity index (χ0n) is 14.3. The van der Waals surface area contributed by atoms with Crippen LogP contribution in [-0.4, -0.2) is 29.8 Å². The predicted octanol–water partition coefficient (Wildman–Crippen LogP) is 3.01. The van der Waals surface area contributed by atoms with Crippen molar-refractivity contribution in [3.05, 3.63) is 87.8 Å². The summed E-state index contributed by atoms with van der Waals surface area (Å²) >= 11 is 5.95. The Labute approximate surface area is 163 Å². The molecule has 4 aromatic rings. The van der Waals surface area contributed by atoms with Gasteiger partial charge < -0.3 is 14.3 Å². The van der Waals surface area contributed by atoms with Crippen LogP contribution in [0.25, 0.3) is 11.3 Å². The number of halogens is 1. The molecule has 0 fully saturated rings. The molecule has 28 heavy (non-hydrogen) atoms. The van der Waals surface area contributed by atoms with Crippen LogP contribution in [0.4, 0.5) is 5.69 Å². The number of nitro groups is 1. The second kappa shape index (κ2) is 7.12. The van der Waals surface area contributed by atoms with Gasteiger partial charge in [-0.1, -0.05) is 11.6 Å². The molecule has 0 aliphatic heterocycles. The van der Waals surface area contributed by atoms with Gasteiger partial charge in [0.2, 0.25) is 0 Å². The van der Waals surface area contributed by atoms with E-state index in [0.717, 1.165) is 0 Å². The summed E-state index contributed by atoms with van der Waals surface area (Å²) in [5, 5.41) is 14.7. The van der Waals surface area contributed by atoms with Crippen LogP contribution in [0.3, 0.4) is 0 Å². The second-order valence-corrected chi connectivity index (χ2v) is 6.39. The third kappa shape index (κ3) is 3.42. The third-order valence-corrected chi connectivity index (χ3v) is 4.34. The summed E-state index contributed by atoms with van der Waals surface area (Å²) in [6.45, 7) is 0.176. The molecule has 0 saturated carbocycles. The van der Waals surface area contributed by atoms with E-state index < -0.39 is 10.8 Å². The first kappa shape index (κ1) is 17.7. The fourth-order valence-corrected chi connectivity index (χ4v) is 2.97. The van der Waals surface area contributed by atoms with Gasteiger partial charge in [0.1, 0.15) is 11.3 Å². The smallest absolute Gasteiger partial charge is 0.294 e. The molecule has 0 aliphatic rings. The van der Waals surface area contributed by atoms with Gasteiger partial charge >= 0.3 is 0 Å². The number of aromatic nitrogens is 4. The van der Waals surface area contributed by atoms with Crippen LogP contribution in [0, 0.1) is 10.1 Å². The van der Waals surface area contributed by atoms with Crippen molar-refractivity contribution in [2.45, 2.75) is 6.54 Å². The molecule has 0 spiro atoms. The van der Waals surface area contributed by atoms with Crippen molar-refractivity contribution in [2.75, 3.05) is 0 Å². The van der Waals surface area contributed by atoms with Gasteiger partial charge in [-0.3, -0.25) is 14.9 Å². The first-order valence-electron chi connectivity index (χ1n) is 8.19. The highest BCUT2D eigenvalue weighted by atomic mass is 35.5. The lowest BCUT2D eigenvalue weighted by Crippen LogP contribution is -2.23. The van der Waals surface area contributed by atoms with E-state index in [1.54, 1.807) is 35.1 Å². The molecule has 1 amide bonds. The first-order chi connectivity index (χ1) is 13.5. The first-order valence-corrected chi connectivity index (χ1v) is 8.57. The molecular formula is C18H13ClN6O3. The van der Waals surface area contributed by atoms with E-state index in [2.05, 4.69) is 15.3 Å². The Bertz CT molecular complexity index is 1190. The quantitative estimate of drug-likeness (QED) is 0.412. The number of nitrogens with zero attached hydrogens (tertiary/aromatic N) is 5. The number of hydrogen-bond donors (Lipinski definition) is 1. The molecule has 3 heterocycles. The van der Waals surface area contributed by atoms with Gasteiger partial charge in [0, 0.05) is 36.4 Å². The minimum atomic E-state index is -0.530. The minimum absolute atomic E-state index is 0.176. The topological polar surface area (TPSA) is 107 Å². The predicted molar refractivity (Wildman–Crippen MR) is 102 cm³/mol. The third-order valence-electron chi connectivity index (χ3n) is 4.11. The Kier molecular flexibility index (Phi) is 4.50. The molecule has 9 nitrogen and oxygen atoms in total. The lowest BCUT2D eigenvalue weighted by atomic mass is 10.1. The number of nitrogens with one attached hydrogen (secondary N) is 1. The summed E-state index contributed by atoms with van der Waals surface area (Å²) in [7, 11) is 0.